The lowest BCUT2D eigenvalue weighted by Gasteiger charge is -2.48. The summed E-state index contributed by atoms with van der Waals surface area (Å²) in [5.41, 5.74) is 0.388. The summed E-state index contributed by atoms with van der Waals surface area (Å²) in [6.07, 6.45) is 10.4. The minimum Gasteiger partial charge on any atom is -0.311 e. The summed E-state index contributed by atoms with van der Waals surface area (Å²) in [6, 6.07) is 1.50. The first-order valence-corrected chi connectivity index (χ1v) is 9.01. The normalized spacial score (nSPS) is 34.4. The predicted octanol–water partition coefficient (Wildman–Crippen LogP) is 3.67. The molecule has 0 bridgehead atoms. The van der Waals surface area contributed by atoms with E-state index in [1.807, 2.05) is 0 Å². The van der Waals surface area contributed by atoms with Crippen LogP contribution in [0.1, 0.15) is 65.7 Å². The van der Waals surface area contributed by atoms with Crippen molar-refractivity contribution in [3.8, 4) is 0 Å². The van der Waals surface area contributed by atoms with E-state index < -0.39 is 0 Å². The fraction of sp³-hybridized carbons (Fsp3) is 1.00. The van der Waals surface area contributed by atoms with Gasteiger partial charge in [0.15, 0.2) is 0 Å². The van der Waals surface area contributed by atoms with Crippen molar-refractivity contribution in [1.29, 1.82) is 0 Å². The lowest BCUT2D eigenvalue weighted by molar-refractivity contribution is 0.0410. The van der Waals surface area contributed by atoms with Gasteiger partial charge in [-0.3, -0.25) is 4.90 Å². The number of nitrogens with one attached hydrogen (secondary N) is 1. The summed E-state index contributed by atoms with van der Waals surface area (Å²) in [5.74, 6) is 2.00. The Bertz CT molecular complexity index is 310. The molecule has 3 rings (SSSR count). The van der Waals surface area contributed by atoms with E-state index in [2.05, 4.69) is 31.0 Å². The molecule has 1 N–H and O–H groups in total. The van der Waals surface area contributed by atoms with Gasteiger partial charge >= 0.3 is 0 Å². The Hall–Kier alpha value is -0.0800. The molecule has 2 unspecified atom stereocenters. The van der Waals surface area contributed by atoms with Crippen LogP contribution in [0.5, 0.6) is 0 Å². The Morgan fingerprint density at radius 3 is 2.30 bits per heavy atom. The molecule has 3 fully saturated rings. The van der Waals surface area contributed by atoms with Crippen molar-refractivity contribution in [3.63, 3.8) is 0 Å². The van der Waals surface area contributed by atoms with Gasteiger partial charge in [-0.25, -0.2) is 0 Å². The highest BCUT2D eigenvalue weighted by atomic mass is 15.2. The molecule has 0 spiro atoms. The van der Waals surface area contributed by atoms with Gasteiger partial charge in [0.05, 0.1) is 0 Å². The number of rotatable bonds is 3. The van der Waals surface area contributed by atoms with Crippen molar-refractivity contribution >= 4 is 0 Å². The number of hydrogen-bond donors (Lipinski definition) is 1. The van der Waals surface area contributed by atoms with E-state index in [1.54, 1.807) is 0 Å². The molecule has 0 amide bonds. The third-order valence-corrected chi connectivity index (χ3v) is 5.89. The highest BCUT2D eigenvalue weighted by Gasteiger charge is 2.39. The molecule has 1 aliphatic heterocycles. The average Bonchev–Trinajstić information content (AvgIpc) is 3.23. The van der Waals surface area contributed by atoms with Crippen molar-refractivity contribution in [3.05, 3.63) is 0 Å². The zero-order chi connectivity index (χ0) is 14.2. The maximum Gasteiger partial charge on any atom is 0.0249 e. The van der Waals surface area contributed by atoms with Crippen LogP contribution in [-0.2, 0) is 0 Å². The maximum absolute atomic E-state index is 3.89. The number of nitrogens with zero attached hydrogens (tertiary/aromatic N) is 1. The van der Waals surface area contributed by atoms with Crippen molar-refractivity contribution < 1.29 is 0 Å². The van der Waals surface area contributed by atoms with Crippen LogP contribution in [0.3, 0.4) is 0 Å². The van der Waals surface area contributed by atoms with Crippen LogP contribution in [0.2, 0.25) is 0 Å². The van der Waals surface area contributed by atoms with E-state index >= 15 is 0 Å². The van der Waals surface area contributed by atoms with Gasteiger partial charge < -0.3 is 5.32 Å². The van der Waals surface area contributed by atoms with Gasteiger partial charge in [0.25, 0.3) is 0 Å². The van der Waals surface area contributed by atoms with Crippen LogP contribution in [0.15, 0.2) is 0 Å². The Kier molecular flexibility index (Phi) is 4.42. The zero-order valence-electron chi connectivity index (χ0n) is 13.8. The summed E-state index contributed by atoms with van der Waals surface area (Å²) < 4.78 is 0. The molecule has 3 aliphatic rings. The summed E-state index contributed by atoms with van der Waals surface area (Å²) in [4.78, 5) is 2.89. The summed E-state index contributed by atoms with van der Waals surface area (Å²) in [5, 5.41) is 3.89. The Labute approximate surface area is 125 Å². The quantitative estimate of drug-likeness (QED) is 0.847. The van der Waals surface area contributed by atoms with Crippen LogP contribution >= 0.6 is 0 Å². The van der Waals surface area contributed by atoms with E-state index in [1.165, 1.54) is 64.6 Å². The minimum absolute atomic E-state index is 0.388. The van der Waals surface area contributed by atoms with Crippen LogP contribution in [-0.4, -0.2) is 36.6 Å². The van der Waals surface area contributed by atoms with Crippen molar-refractivity contribution in [1.82, 2.24) is 10.2 Å². The number of piperazine rings is 1. The predicted molar refractivity (Wildman–Crippen MR) is 85.9 cm³/mol. The van der Waals surface area contributed by atoms with Crippen LogP contribution in [0.4, 0.5) is 0 Å². The van der Waals surface area contributed by atoms with E-state index in [-0.39, 0.29) is 0 Å². The third kappa shape index (κ3) is 3.57. The fourth-order valence-electron chi connectivity index (χ4n) is 4.23. The zero-order valence-corrected chi connectivity index (χ0v) is 13.8. The average molecular weight is 278 g/mol. The van der Waals surface area contributed by atoms with E-state index in [0.29, 0.717) is 11.5 Å². The van der Waals surface area contributed by atoms with Gasteiger partial charge in [-0.15, -0.1) is 0 Å². The maximum atomic E-state index is 3.89. The topological polar surface area (TPSA) is 15.3 Å². The van der Waals surface area contributed by atoms with Crippen molar-refractivity contribution in [2.75, 3.05) is 19.6 Å². The molecule has 1 saturated heterocycles. The molecule has 0 aromatic rings. The Morgan fingerprint density at radius 1 is 1.00 bits per heavy atom. The SMILES string of the molecule is CC(C)(C)C1CN(CC2CC2)C(C2CCCCC2)CN1. The van der Waals surface area contributed by atoms with E-state index in [0.717, 1.165) is 17.9 Å². The smallest absolute Gasteiger partial charge is 0.0249 e. The van der Waals surface area contributed by atoms with Crippen LogP contribution < -0.4 is 5.32 Å². The van der Waals surface area contributed by atoms with E-state index in [9.17, 15) is 0 Å². The first-order valence-electron chi connectivity index (χ1n) is 9.01. The molecule has 2 saturated carbocycles. The second kappa shape index (κ2) is 5.96. The monoisotopic (exact) mass is 278 g/mol. The second-order valence-electron chi connectivity index (χ2n) is 8.69. The minimum atomic E-state index is 0.388. The first-order chi connectivity index (χ1) is 9.54. The van der Waals surface area contributed by atoms with Crippen LogP contribution in [0.25, 0.3) is 0 Å². The second-order valence-corrected chi connectivity index (χ2v) is 8.69. The van der Waals surface area contributed by atoms with Gasteiger partial charge in [0, 0.05) is 31.7 Å². The molecule has 2 aliphatic carbocycles. The molecule has 0 radical (unpaired) electrons. The van der Waals surface area contributed by atoms with Gasteiger partial charge in [-0.1, -0.05) is 40.0 Å². The fourth-order valence-corrected chi connectivity index (χ4v) is 4.23. The summed E-state index contributed by atoms with van der Waals surface area (Å²) >= 11 is 0. The lowest BCUT2D eigenvalue weighted by Crippen LogP contribution is -2.62. The van der Waals surface area contributed by atoms with Crippen molar-refractivity contribution in [2.45, 2.75) is 77.8 Å². The summed E-state index contributed by atoms with van der Waals surface area (Å²) in [7, 11) is 0. The van der Waals surface area contributed by atoms with E-state index in [4.69, 9.17) is 0 Å². The van der Waals surface area contributed by atoms with Crippen LogP contribution in [0, 0.1) is 17.3 Å². The molecule has 2 nitrogen and oxygen atoms in total. The molecule has 2 atom stereocenters. The number of hydrogen-bond acceptors (Lipinski definition) is 2. The molecule has 0 aromatic heterocycles. The molecule has 20 heavy (non-hydrogen) atoms. The van der Waals surface area contributed by atoms with Gasteiger partial charge in [0.2, 0.25) is 0 Å². The first kappa shape index (κ1) is 14.8. The third-order valence-electron chi connectivity index (χ3n) is 5.89. The molecule has 1 heterocycles. The molecule has 0 aromatic carbocycles. The lowest BCUT2D eigenvalue weighted by atomic mass is 9.79. The van der Waals surface area contributed by atoms with Gasteiger partial charge in [-0.2, -0.15) is 0 Å². The van der Waals surface area contributed by atoms with Crippen molar-refractivity contribution in [2.24, 2.45) is 17.3 Å². The molecular formula is C18H34N2. The Balaban J connectivity index is 1.65. The highest BCUT2D eigenvalue weighted by molar-refractivity contribution is 4.96. The molecule has 116 valence electrons. The Morgan fingerprint density at radius 2 is 1.70 bits per heavy atom. The molecular weight excluding hydrogens is 244 g/mol. The van der Waals surface area contributed by atoms with Gasteiger partial charge in [0.1, 0.15) is 0 Å². The highest BCUT2D eigenvalue weighted by Crippen LogP contribution is 2.36. The molecule has 2 heteroatoms. The standard InChI is InChI=1S/C18H34N2/c1-18(2,3)17-13-20(12-14-9-10-14)16(11-19-17)15-7-5-4-6-8-15/h14-17,19H,4-13H2,1-3H3. The largest absolute Gasteiger partial charge is 0.311 e. The summed E-state index contributed by atoms with van der Waals surface area (Å²) in [6.45, 7) is 11.1. The van der Waals surface area contributed by atoms with Gasteiger partial charge in [-0.05, 0) is 42.9 Å².